The molecule has 4 rings (SSSR count). The van der Waals surface area contributed by atoms with Crippen molar-refractivity contribution in [3.63, 3.8) is 0 Å². The fourth-order valence-electron chi connectivity index (χ4n) is 3.19. The number of amides is 1. The fraction of sp³-hybridized carbons (Fsp3) is 0.222. The predicted octanol–water partition coefficient (Wildman–Crippen LogP) is 5.98. The van der Waals surface area contributed by atoms with Gasteiger partial charge in [0.25, 0.3) is 5.91 Å². The summed E-state index contributed by atoms with van der Waals surface area (Å²) in [5.74, 6) is 1.30. The average Bonchev–Trinajstić information content (AvgIpc) is 3.27. The van der Waals surface area contributed by atoms with E-state index in [9.17, 15) is 13.9 Å². The third kappa shape index (κ3) is 4.00. The number of furan rings is 1. The van der Waals surface area contributed by atoms with Crippen LogP contribution in [0, 0.1) is 0 Å². The number of benzene rings is 1. The lowest BCUT2D eigenvalue weighted by Gasteiger charge is -2.28. The molecule has 28 heavy (non-hydrogen) atoms. The third-order valence-electron chi connectivity index (χ3n) is 4.52. The first kappa shape index (κ1) is 20.3. The van der Waals surface area contributed by atoms with Crippen LogP contribution >= 0.6 is 57.8 Å². The van der Waals surface area contributed by atoms with Gasteiger partial charge in [0.1, 0.15) is 15.8 Å². The van der Waals surface area contributed by atoms with Crippen molar-refractivity contribution in [1.82, 2.24) is 4.90 Å². The maximum Gasteiger partial charge on any atom is 0.266 e. The molecule has 2 aliphatic rings. The van der Waals surface area contributed by atoms with Crippen LogP contribution in [-0.2, 0) is 4.79 Å². The molecule has 0 saturated carbocycles. The third-order valence-corrected chi connectivity index (χ3v) is 8.21. The van der Waals surface area contributed by atoms with E-state index in [0.717, 1.165) is 0 Å². The number of thiocarbonyl (C=S) groups is 1. The van der Waals surface area contributed by atoms with Crippen LogP contribution in [0.15, 0.2) is 39.7 Å². The SMILES string of the molecule is O=C1/C(=C/c2ccc(-c3ccc(Cl)cc3Cl)o2)SC(=S)N1C1CCS(O)(O)C1. The van der Waals surface area contributed by atoms with Crippen molar-refractivity contribution in [2.45, 2.75) is 12.5 Å². The summed E-state index contributed by atoms with van der Waals surface area (Å²) in [6.07, 6.45) is 2.17. The molecule has 0 bridgehead atoms. The molecule has 0 spiro atoms. The van der Waals surface area contributed by atoms with E-state index >= 15 is 0 Å². The summed E-state index contributed by atoms with van der Waals surface area (Å²) in [7, 11) is -2.61. The van der Waals surface area contributed by atoms with Crippen LogP contribution in [0.1, 0.15) is 12.2 Å². The molecule has 10 heteroatoms. The Hall–Kier alpha value is -1.000. The Labute approximate surface area is 183 Å². The van der Waals surface area contributed by atoms with Crippen molar-refractivity contribution in [1.29, 1.82) is 0 Å². The normalized spacial score (nSPS) is 24.4. The molecule has 1 aromatic carbocycles. The maximum atomic E-state index is 12.8. The van der Waals surface area contributed by atoms with E-state index in [2.05, 4.69) is 0 Å². The van der Waals surface area contributed by atoms with Crippen LogP contribution in [0.2, 0.25) is 10.0 Å². The quantitative estimate of drug-likeness (QED) is 0.420. The fourth-order valence-corrected chi connectivity index (χ4v) is 6.82. The molecule has 2 saturated heterocycles. The molecule has 0 aliphatic carbocycles. The molecule has 3 heterocycles. The average molecular weight is 476 g/mol. The minimum absolute atomic E-state index is 0.173. The van der Waals surface area contributed by atoms with E-state index in [1.165, 1.54) is 16.7 Å². The monoisotopic (exact) mass is 475 g/mol. The second-order valence-corrected chi connectivity index (χ2v) is 11.4. The van der Waals surface area contributed by atoms with Crippen molar-refractivity contribution in [2.24, 2.45) is 0 Å². The van der Waals surface area contributed by atoms with E-state index in [1.807, 2.05) is 0 Å². The molecule has 2 fully saturated rings. The Balaban J connectivity index is 1.56. The van der Waals surface area contributed by atoms with Crippen molar-refractivity contribution < 1.29 is 18.3 Å². The lowest BCUT2D eigenvalue weighted by molar-refractivity contribution is -0.123. The topological polar surface area (TPSA) is 73.9 Å². The van der Waals surface area contributed by atoms with Gasteiger partial charge in [-0.1, -0.05) is 47.2 Å². The van der Waals surface area contributed by atoms with Gasteiger partial charge in [-0.25, -0.2) is 0 Å². The van der Waals surface area contributed by atoms with Gasteiger partial charge < -0.3 is 4.42 Å². The zero-order valence-electron chi connectivity index (χ0n) is 14.3. The van der Waals surface area contributed by atoms with Gasteiger partial charge in [0.05, 0.1) is 21.7 Å². The molecule has 1 atom stereocenters. The highest BCUT2D eigenvalue weighted by Crippen LogP contribution is 2.49. The Morgan fingerprint density at radius 1 is 1.29 bits per heavy atom. The lowest BCUT2D eigenvalue weighted by atomic mass is 10.2. The number of nitrogens with zero attached hydrogens (tertiary/aromatic N) is 1. The molecular weight excluding hydrogens is 461 g/mol. The second-order valence-electron chi connectivity index (χ2n) is 6.49. The summed E-state index contributed by atoms with van der Waals surface area (Å²) >= 11 is 18.7. The minimum Gasteiger partial charge on any atom is -0.457 e. The number of rotatable bonds is 3. The van der Waals surface area contributed by atoms with Gasteiger partial charge >= 0.3 is 0 Å². The number of thioether (sulfide) groups is 1. The molecule has 0 radical (unpaired) electrons. The summed E-state index contributed by atoms with van der Waals surface area (Å²) in [5, 5.41) is 1.01. The van der Waals surface area contributed by atoms with Crippen LogP contribution in [0.5, 0.6) is 0 Å². The summed E-state index contributed by atoms with van der Waals surface area (Å²) in [6.45, 7) is 0. The van der Waals surface area contributed by atoms with Gasteiger partial charge in [-0.3, -0.25) is 18.8 Å². The van der Waals surface area contributed by atoms with Crippen LogP contribution < -0.4 is 0 Å². The van der Waals surface area contributed by atoms with Gasteiger partial charge in [0.15, 0.2) is 0 Å². The Kier molecular flexibility index (Phi) is 5.56. The van der Waals surface area contributed by atoms with E-state index in [4.69, 9.17) is 39.8 Å². The van der Waals surface area contributed by atoms with Gasteiger partial charge in [-0.2, -0.15) is 10.6 Å². The van der Waals surface area contributed by atoms with Crippen molar-refractivity contribution in [3.8, 4) is 11.3 Å². The zero-order valence-corrected chi connectivity index (χ0v) is 18.3. The molecule has 5 nitrogen and oxygen atoms in total. The van der Waals surface area contributed by atoms with Gasteiger partial charge in [0.2, 0.25) is 0 Å². The zero-order chi connectivity index (χ0) is 20.1. The maximum absolute atomic E-state index is 12.8. The highest BCUT2D eigenvalue weighted by molar-refractivity contribution is 8.27. The molecule has 2 aliphatic heterocycles. The molecule has 1 aromatic heterocycles. The van der Waals surface area contributed by atoms with E-state index in [-0.39, 0.29) is 17.7 Å². The highest BCUT2D eigenvalue weighted by Gasteiger charge is 2.42. The van der Waals surface area contributed by atoms with Crippen LogP contribution in [0.25, 0.3) is 17.4 Å². The molecule has 148 valence electrons. The van der Waals surface area contributed by atoms with E-state index in [0.29, 0.717) is 48.5 Å². The summed E-state index contributed by atoms with van der Waals surface area (Å²) in [6, 6.07) is 8.38. The van der Waals surface area contributed by atoms with Crippen LogP contribution in [0.4, 0.5) is 0 Å². The number of hydrogen-bond donors (Lipinski definition) is 2. The lowest BCUT2D eigenvalue weighted by Crippen LogP contribution is -2.39. The second kappa shape index (κ2) is 7.68. The van der Waals surface area contributed by atoms with Crippen molar-refractivity contribution in [3.05, 3.63) is 51.0 Å². The van der Waals surface area contributed by atoms with E-state index in [1.54, 1.807) is 36.4 Å². The number of carbonyl (C=O) groups excluding carboxylic acids is 1. The van der Waals surface area contributed by atoms with Crippen molar-refractivity contribution in [2.75, 3.05) is 11.5 Å². The van der Waals surface area contributed by atoms with Gasteiger partial charge in [0, 0.05) is 22.4 Å². The van der Waals surface area contributed by atoms with E-state index < -0.39 is 10.6 Å². The molecule has 2 N–H and O–H groups in total. The Bertz CT molecular complexity index is 1000. The summed E-state index contributed by atoms with van der Waals surface area (Å²) in [5.41, 5.74) is 0.703. The van der Waals surface area contributed by atoms with Crippen molar-refractivity contribution >= 4 is 74.1 Å². The number of hydrogen-bond acceptors (Lipinski definition) is 6. The standard InChI is InChI=1S/C18H15Cl2NO4S3/c19-10-1-3-13(14(20)7-10)15-4-2-12(25-15)8-16-17(22)21(18(26)27-16)11-5-6-28(23,24)9-11/h1-4,7-8,11,23-24H,5-6,9H2/b16-8-. The Morgan fingerprint density at radius 2 is 2.07 bits per heavy atom. The minimum atomic E-state index is -2.61. The molecular formula is C18H15Cl2NO4S3. The van der Waals surface area contributed by atoms with Crippen LogP contribution in [-0.4, -0.2) is 41.8 Å². The first-order chi connectivity index (χ1) is 13.2. The largest absolute Gasteiger partial charge is 0.457 e. The van der Waals surface area contributed by atoms with Gasteiger partial charge in [-0.15, -0.1) is 0 Å². The first-order valence-electron chi connectivity index (χ1n) is 8.29. The molecule has 1 unspecified atom stereocenters. The first-order valence-corrected chi connectivity index (χ1v) is 12.2. The highest BCUT2D eigenvalue weighted by atomic mass is 35.5. The number of carbonyl (C=O) groups is 1. The van der Waals surface area contributed by atoms with Crippen LogP contribution in [0.3, 0.4) is 0 Å². The number of halogens is 2. The van der Waals surface area contributed by atoms with Gasteiger partial charge in [-0.05, 0) is 36.8 Å². The summed E-state index contributed by atoms with van der Waals surface area (Å²) < 4.78 is 25.9. The Morgan fingerprint density at radius 3 is 2.75 bits per heavy atom. The molecule has 1 amide bonds. The molecule has 2 aromatic rings. The summed E-state index contributed by atoms with van der Waals surface area (Å²) in [4.78, 5) is 14.7. The smallest absolute Gasteiger partial charge is 0.266 e. The predicted molar refractivity (Wildman–Crippen MR) is 120 cm³/mol.